The quantitative estimate of drug-likeness (QED) is 0.411. The van der Waals surface area contributed by atoms with E-state index in [0.29, 0.717) is 4.90 Å². The van der Waals surface area contributed by atoms with Gasteiger partial charge >= 0.3 is 18.2 Å². The van der Waals surface area contributed by atoms with Gasteiger partial charge in [-0.15, -0.1) is 0 Å². The van der Waals surface area contributed by atoms with Gasteiger partial charge in [0.1, 0.15) is 6.61 Å². The van der Waals surface area contributed by atoms with Crippen LogP contribution in [0.1, 0.15) is 24.1 Å². The highest BCUT2D eigenvalue weighted by Crippen LogP contribution is 2.34. The standard InChI is InChI=1S/C21H18F3N3O5/c1-13(25(2)19(28)21(22,23)24)17-11-26(18-9-8-15(27(30)31)10-16(17)18)20(29)32-12-14-6-4-3-5-7-14/h3-11,13H,12H2,1-2H3. The van der Waals surface area contributed by atoms with Gasteiger partial charge in [-0.05, 0) is 18.6 Å². The van der Waals surface area contributed by atoms with Crippen LogP contribution >= 0.6 is 0 Å². The van der Waals surface area contributed by atoms with Crippen molar-refractivity contribution in [3.05, 3.63) is 76.0 Å². The van der Waals surface area contributed by atoms with E-state index in [1.807, 2.05) is 0 Å². The van der Waals surface area contributed by atoms with Gasteiger partial charge in [0.15, 0.2) is 0 Å². The Morgan fingerprint density at radius 1 is 1.19 bits per heavy atom. The summed E-state index contributed by atoms with van der Waals surface area (Å²) in [4.78, 5) is 35.4. The van der Waals surface area contributed by atoms with Crippen LogP contribution in [0.3, 0.4) is 0 Å². The van der Waals surface area contributed by atoms with Crippen molar-refractivity contribution in [3.8, 4) is 0 Å². The Kier molecular flexibility index (Phi) is 6.19. The van der Waals surface area contributed by atoms with Crippen molar-refractivity contribution in [1.29, 1.82) is 0 Å². The number of nitro benzene ring substituents is 1. The summed E-state index contributed by atoms with van der Waals surface area (Å²) in [6, 6.07) is 11.3. The van der Waals surface area contributed by atoms with E-state index in [-0.39, 0.29) is 28.8 Å². The van der Waals surface area contributed by atoms with E-state index in [4.69, 9.17) is 4.74 Å². The fourth-order valence-electron chi connectivity index (χ4n) is 3.21. The smallest absolute Gasteiger partial charge is 0.444 e. The second kappa shape index (κ2) is 8.69. The zero-order valence-electron chi connectivity index (χ0n) is 17.0. The molecule has 1 heterocycles. The zero-order valence-corrected chi connectivity index (χ0v) is 17.0. The number of hydrogen-bond donors (Lipinski definition) is 0. The largest absolute Gasteiger partial charge is 0.471 e. The first-order valence-corrected chi connectivity index (χ1v) is 9.35. The first-order chi connectivity index (χ1) is 15.0. The molecule has 0 bridgehead atoms. The molecule has 1 atom stereocenters. The van der Waals surface area contributed by atoms with Crippen LogP contribution in [-0.2, 0) is 16.1 Å². The van der Waals surface area contributed by atoms with Gasteiger partial charge in [0.05, 0.1) is 16.5 Å². The van der Waals surface area contributed by atoms with Gasteiger partial charge in [-0.2, -0.15) is 13.2 Å². The summed E-state index contributed by atoms with van der Waals surface area (Å²) in [7, 11) is 0.967. The number of nitro groups is 1. The minimum Gasteiger partial charge on any atom is -0.444 e. The molecule has 0 saturated heterocycles. The van der Waals surface area contributed by atoms with Gasteiger partial charge in [0, 0.05) is 36.3 Å². The first-order valence-electron chi connectivity index (χ1n) is 9.35. The summed E-state index contributed by atoms with van der Waals surface area (Å²) >= 11 is 0. The Balaban J connectivity index is 2.02. The zero-order chi connectivity index (χ0) is 23.6. The van der Waals surface area contributed by atoms with Crippen molar-refractivity contribution in [2.45, 2.75) is 25.7 Å². The number of fused-ring (bicyclic) bond motifs is 1. The van der Waals surface area contributed by atoms with Crippen LogP contribution in [0.4, 0.5) is 23.7 Å². The molecule has 8 nitrogen and oxygen atoms in total. The van der Waals surface area contributed by atoms with Gasteiger partial charge in [-0.25, -0.2) is 4.79 Å². The number of amides is 1. The molecule has 0 aliphatic heterocycles. The molecule has 0 fully saturated rings. The van der Waals surface area contributed by atoms with Crippen LogP contribution in [0.25, 0.3) is 10.9 Å². The Labute approximate surface area is 179 Å². The van der Waals surface area contributed by atoms with Crippen LogP contribution in [0, 0.1) is 10.1 Å². The Bertz CT molecular complexity index is 1170. The molecule has 32 heavy (non-hydrogen) atoms. The second-order valence-electron chi connectivity index (χ2n) is 7.04. The van der Waals surface area contributed by atoms with Gasteiger partial charge < -0.3 is 9.64 Å². The van der Waals surface area contributed by atoms with E-state index in [1.54, 1.807) is 30.3 Å². The van der Waals surface area contributed by atoms with Crippen molar-refractivity contribution in [2.75, 3.05) is 7.05 Å². The summed E-state index contributed by atoms with van der Waals surface area (Å²) in [6.07, 6.45) is -4.69. The van der Waals surface area contributed by atoms with Crippen molar-refractivity contribution in [1.82, 2.24) is 9.47 Å². The molecule has 11 heteroatoms. The van der Waals surface area contributed by atoms with Crippen LogP contribution in [-0.4, -0.2) is 39.6 Å². The summed E-state index contributed by atoms with van der Waals surface area (Å²) in [5.74, 6) is -2.08. The Hall–Kier alpha value is -3.89. The number of benzene rings is 2. The highest BCUT2D eigenvalue weighted by molar-refractivity contribution is 5.94. The molecule has 2 aromatic carbocycles. The minimum atomic E-state index is -5.10. The lowest BCUT2D eigenvalue weighted by molar-refractivity contribution is -0.384. The number of rotatable bonds is 5. The molecule has 0 aliphatic carbocycles. The van der Waals surface area contributed by atoms with Gasteiger partial charge in [0.2, 0.25) is 0 Å². The first kappa shape index (κ1) is 22.8. The highest BCUT2D eigenvalue weighted by Gasteiger charge is 2.43. The molecular formula is C21H18F3N3O5. The summed E-state index contributed by atoms with van der Waals surface area (Å²) < 4.78 is 45.0. The van der Waals surface area contributed by atoms with E-state index in [9.17, 15) is 32.9 Å². The third-order valence-corrected chi connectivity index (χ3v) is 5.03. The normalized spacial score (nSPS) is 12.4. The molecule has 0 spiro atoms. The lowest BCUT2D eigenvalue weighted by atomic mass is 10.1. The number of nitrogens with zero attached hydrogens (tertiary/aromatic N) is 3. The van der Waals surface area contributed by atoms with Crippen LogP contribution in [0.15, 0.2) is 54.7 Å². The van der Waals surface area contributed by atoms with Crippen LogP contribution in [0.2, 0.25) is 0 Å². The molecule has 0 radical (unpaired) electrons. The second-order valence-corrected chi connectivity index (χ2v) is 7.04. The molecule has 0 saturated carbocycles. The summed E-state index contributed by atoms with van der Waals surface area (Å²) in [5.41, 5.74) is 0.729. The average Bonchev–Trinajstić information content (AvgIpc) is 3.14. The Morgan fingerprint density at radius 2 is 1.84 bits per heavy atom. The molecule has 1 amide bonds. The van der Waals surface area contributed by atoms with Gasteiger partial charge in [-0.3, -0.25) is 19.5 Å². The van der Waals surface area contributed by atoms with Crippen LogP contribution < -0.4 is 0 Å². The molecule has 1 aromatic heterocycles. The van der Waals surface area contributed by atoms with Crippen molar-refractivity contribution in [3.63, 3.8) is 0 Å². The molecule has 1 unspecified atom stereocenters. The number of halogens is 3. The monoisotopic (exact) mass is 449 g/mol. The van der Waals surface area contributed by atoms with E-state index in [1.165, 1.54) is 25.3 Å². The van der Waals surface area contributed by atoms with E-state index < -0.39 is 29.1 Å². The number of hydrogen-bond acceptors (Lipinski definition) is 5. The van der Waals surface area contributed by atoms with E-state index >= 15 is 0 Å². The molecule has 0 aliphatic rings. The molecule has 0 N–H and O–H groups in total. The minimum absolute atomic E-state index is 0.0519. The SMILES string of the molecule is CC(c1cn(C(=O)OCc2ccccc2)c2ccc([N+](=O)[O-])cc12)N(C)C(=O)C(F)(F)F. The van der Waals surface area contributed by atoms with Crippen molar-refractivity contribution in [2.24, 2.45) is 0 Å². The number of aromatic nitrogens is 1. The maximum absolute atomic E-state index is 12.9. The highest BCUT2D eigenvalue weighted by atomic mass is 19.4. The number of non-ortho nitro benzene ring substituents is 1. The van der Waals surface area contributed by atoms with Crippen molar-refractivity contribution >= 4 is 28.6 Å². The lowest BCUT2D eigenvalue weighted by Gasteiger charge is -2.25. The number of ether oxygens (including phenoxy) is 1. The summed E-state index contributed by atoms with van der Waals surface area (Å²) in [6.45, 7) is 1.28. The van der Waals surface area contributed by atoms with Crippen LogP contribution in [0.5, 0.6) is 0 Å². The molecule has 3 rings (SSSR count). The predicted octanol–water partition coefficient (Wildman–Crippen LogP) is 4.82. The maximum atomic E-state index is 12.9. The number of carbonyl (C=O) groups excluding carboxylic acids is 2. The fourth-order valence-corrected chi connectivity index (χ4v) is 3.21. The number of alkyl halides is 3. The third kappa shape index (κ3) is 4.56. The average molecular weight is 449 g/mol. The molecule has 168 valence electrons. The topological polar surface area (TPSA) is 94.7 Å². The van der Waals surface area contributed by atoms with E-state index in [0.717, 1.165) is 23.2 Å². The third-order valence-electron chi connectivity index (χ3n) is 5.03. The van der Waals surface area contributed by atoms with Gasteiger partial charge in [-0.1, -0.05) is 30.3 Å². The van der Waals surface area contributed by atoms with Gasteiger partial charge in [0.25, 0.3) is 5.69 Å². The lowest BCUT2D eigenvalue weighted by Crippen LogP contribution is -2.39. The predicted molar refractivity (Wildman–Crippen MR) is 108 cm³/mol. The van der Waals surface area contributed by atoms with Crippen molar-refractivity contribution < 1.29 is 32.4 Å². The van der Waals surface area contributed by atoms with E-state index in [2.05, 4.69) is 0 Å². The molecular weight excluding hydrogens is 431 g/mol. The Morgan fingerprint density at radius 3 is 2.44 bits per heavy atom. The molecule has 3 aromatic rings. The summed E-state index contributed by atoms with van der Waals surface area (Å²) in [5, 5.41) is 11.4. The fraction of sp³-hybridized carbons (Fsp3) is 0.238. The maximum Gasteiger partial charge on any atom is 0.471 e. The number of carbonyl (C=O) groups is 2.